The van der Waals surface area contributed by atoms with Crippen molar-refractivity contribution >= 4 is 11.8 Å². The van der Waals surface area contributed by atoms with Crippen molar-refractivity contribution in [2.24, 2.45) is 0 Å². The zero-order chi connectivity index (χ0) is 19.4. The van der Waals surface area contributed by atoms with Gasteiger partial charge in [0.15, 0.2) is 0 Å². The molecule has 1 aromatic carbocycles. The van der Waals surface area contributed by atoms with E-state index >= 15 is 0 Å². The van der Waals surface area contributed by atoms with Gasteiger partial charge in [0, 0.05) is 37.6 Å². The van der Waals surface area contributed by atoms with Crippen LogP contribution in [0, 0.1) is 0 Å². The van der Waals surface area contributed by atoms with Crippen LogP contribution in [0.1, 0.15) is 45.8 Å². The minimum atomic E-state index is -0.914. The minimum Gasteiger partial charge on any atom is -0.361 e. The van der Waals surface area contributed by atoms with Gasteiger partial charge in [-0.15, -0.1) is 0 Å². The van der Waals surface area contributed by atoms with Crippen molar-refractivity contribution < 1.29 is 14.1 Å². The van der Waals surface area contributed by atoms with Gasteiger partial charge in [-0.25, -0.2) is 0 Å². The van der Waals surface area contributed by atoms with Crippen molar-refractivity contribution in [1.82, 2.24) is 15.4 Å². The second kappa shape index (κ2) is 7.94. The number of nitrogens with one attached hydrogen (secondary N) is 1. The lowest BCUT2D eigenvalue weighted by atomic mass is 9.88. The molecule has 0 saturated carbocycles. The Morgan fingerprint density at radius 3 is 2.74 bits per heavy atom. The first-order valence-corrected chi connectivity index (χ1v) is 9.56. The highest BCUT2D eigenvalue weighted by molar-refractivity contribution is 5.92. The molecule has 6 nitrogen and oxygen atoms in total. The molecule has 0 radical (unpaired) electrons. The summed E-state index contributed by atoms with van der Waals surface area (Å²) in [5.74, 6) is 0.415. The summed E-state index contributed by atoms with van der Waals surface area (Å²) in [7, 11) is 0. The Hall–Kier alpha value is -2.63. The summed E-state index contributed by atoms with van der Waals surface area (Å²) in [6.45, 7) is 6.10. The van der Waals surface area contributed by atoms with Gasteiger partial charge in [0.2, 0.25) is 11.8 Å². The van der Waals surface area contributed by atoms with Gasteiger partial charge < -0.3 is 14.7 Å². The third kappa shape index (κ3) is 3.89. The first kappa shape index (κ1) is 19.1. The van der Waals surface area contributed by atoms with Crippen LogP contribution in [0.2, 0.25) is 0 Å². The molecule has 0 spiro atoms. The van der Waals surface area contributed by atoms with Gasteiger partial charge in [-0.2, -0.15) is 0 Å². The number of rotatable bonds is 6. The fourth-order valence-electron chi connectivity index (χ4n) is 3.73. The van der Waals surface area contributed by atoms with Crippen molar-refractivity contribution in [2.45, 2.75) is 58.0 Å². The molecule has 6 heteroatoms. The van der Waals surface area contributed by atoms with E-state index in [1.54, 1.807) is 4.90 Å². The lowest BCUT2D eigenvalue weighted by Crippen LogP contribution is -2.59. The van der Waals surface area contributed by atoms with Crippen LogP contribution in [0.4, 0.5) is 0 Å². The lowest BCUT2D eigenvalue weighted by molar-refractivity contribution is -0.144. The van der Waals surface area contributed by atoms with Crippen LogP contribution in [-0.2, 0) is 16.0 Å². The third-order valence-electron chi connectivity index (χ3n) is 5.38. The van der Waals surface area contributed by atoms with Crippen LogP contribution in [-0.4, -0.2) is 40.0 Å². The summed E-state index contributed by atoms with van der Waals surface area (Å²) in [6, 6.07) is 11.7. The second-order valence-electron chi connectivity index (χ2n) is 7.31. The van der Waals surface area contributed by atoms with E-state index in [-0.39, 0.29) is 17.9 Å². The molecule has 2 aromatic rings. The number of likely N-dealkylation sites (tertiary alicyclic amines) is 1. The number of nitrogens with zero attached hydrogens (tertiary/aromatic N) is 2. The van der Waals surface area contributed by atoms with E-state index in [1.165, 1.54) is 6.92 Å². The summed E-state index contributed by atoms with van der Waals surface area (Å²) in [6.07, 6.45) is 2.58. The van der Waals surface area contributed by atoms with Gasteiger partial charge in [-0.3, -0.25) is 9.59 Å². The molecule has 1 fully saturated rings. The average Bonchev–Trinajstić information content (AvgIpc) is 3.30. The smallest absolute Gasteiger partial charge is 0.246 e. The molecule has 1 aromatic heterocycles. The molecule has 3 rings (SSSR count). The van der Waals surface area contributed by atoms with Crippen molar-refractivity contribution in [1.29, 1.82) is 0 Å². The molecule has 1 saturated heterocycles. The summed E-state index contributed by atoms with van der Waals surface area (Å²) in [4.78, 5) is 27.1. The summed E-state index contributed by atoms with van der Waals surface area (Å²) < 4.78 is 5.55. The van der Waals surface area contributed by atoms with Gasteiger partial charge in [-0.1, -0.05) is 42.4 Å². The topological polar surface area (TPSA) is 75.4 Å². The van der Waals surface area contributed by atoms with Gasteiger partial charge in [0.1, 0.15) is 17.0 Å². The number of benzene rings is 1. The van der Waals surface area contributed by atoms with Crippen molar-refractivity contribution in [3.8, 4) is 11.3 Å². The number of carbonyl (C=O) groups is 2. The van der Waals surface area contributed by atoms with Crippen LogP contribution in [0.5, 0.6) is 0 Å². The number of aromatic nitrogens is 1. The molecule has 0 bridgehead atoms. The average molecular weight is 369 g/mol. The maximum Gasteiger partial charge on any atom is 0.246 e. The highest BCUT2D eigenvalue weighted by atomic mass is 16.5. The predicted molar refractivity (Wildman–Crippen MR) is 103 cm³/mol. The zero-order valence-corrected chi connectivity index (χ0v) is 16.2. The lowest BCUT2D eigenvalue weighted by Gasteiger charge is -2.36. The normalized spacial score (nSPS) is 20.5. The monoisotopic (exact) mass is 369 g/mol. The molecule has 1 aliphatic heterocycles. The molecule has 2 amide bonds. The van der Waals surface area contributed by atoms with Crippen molar-refractivity contribution in [2.75, 3.05) is 6.54 Å². The molecule has 2 atom stereocenters. The SMILES string of the molecule is CC[C@H](C)NC(=O)[C@@]1(Cc2cc(-c3ccccc3)no2)CCCN1C(C)=O. The number of hydrogen-bond donors (Lipinski definition) is 1. The van der Waals surface area contributed by atoms with E-state index in [0.29, 0.717) is 25.1 Å². The van der Waals surface area contributed by atoms with E-state index in [2.05, 4.69) is 10.5 Å². The highest BCUT2D eigenvalue weighted by Crippen LogP contribution is 2.34. The van der Waals surface area contributed by atoms with Crippen molar-refractivity contribution in [3.63, 3.8) is 0 Å². The minimum absolute atomic E-state index is 0.0541. The highest BCUT2D eigenvalue weighted by Gasteiger charge is 2.49. The standard InChI is InChI=1S/C21H27N3O3/c1-4-15(2)22-20(26)21(11-8-12-24(21)16(3)25)14-18-13-19(23-27-18)17-9-6-5-7-10-17/h5-7,9-10,13,15H,4,8,11-12,14H2,1-3H3,(H,22,26)/t15-,21-/m0/s1. The fourth-order valence-corrected chi connectivity index (χ4v) is 3.73. The molecule has 1 N–H and O–H groups in total. The third-order valence-corrected chi connectivity index (χ3v) is 5.38. The Morgan fingerprint density at radius 2 is 2.07 bits per heavy atom. The Morgan fingerprint density at radius 1 is 1.33 bits per heavy atom. The van der Waals surface area contributed by atoms with Crippen molar-refractivity contribution in [3.05, 3.63) is 42.2 Å². The van der Waals surface area contributed by atoms with E-state index in [0.717, 1.165) is 24.1 Å². The van der Waals surface area contributed by atoms with Crippen LogP contribution in [0.15, 0.2) is 40.9 Å². The van der Waals surface area contributed by atoms with Crippen LogP contribution < -0.4 is 5.32 Å². The first-order valence-electron chi connectivity index (χ1n) is 9.56. The van der Waals surface area contributed by atoms with Crippen LogP contribution in [0.3, 0.4) is 0 Å². The number of carbonyl (C=O) groups excluding carboxylic acids is 2. The molecule has 0 unspecified atom stereocenters. The number of hydrogen-bond acceptors (Lipinski definition) is 4. The predicted octanol–water partition coefficient (Wildman–Crippen LogP) is 3.18. The largest absolute Gasteiger partial charge is 0.361 e. The van der Waals surface area contributed by atoms with Crippen LogP contribution >= 0.6 is 0 Å². The molecule has 1 aliphatic rings. The van der Waals surface area contributed by atoms with Gasteiger partial charge in [0.25, 0.3) is 0 Å². The van der Waals surface area contributed by atoms with E-state index in [9.17, 15) is 9.59 Å². The van der Waals surface area contributed by atoms with Gasteiger partial charge >= 0.3 is 0 Å². The van der Waals surface area contributed by atoms with Gasteiger partial charge in [-0.05, 0) is 26.2 Å². The quantitative estimate of drug-likeness (QED) is 0.848. The summed E-state index contributed by atoms with van der Waals surface area (Å²) in [5, 5.41) is 7.22. The Bertz CT molecular complexity index is 802. The Labute approximate surface area is 159 Å². The maximum absolute atomic E-state index is 13.2. The molecular formula is C21H27N3O3. The number of amides is 2. The molecule has 27 heavy (non-hydrogen) atoms. The fraction of sp³-hybridized carbons (Fsp3) is 0.476. The van der Waals surface area contributed by atoms with Crippen LogP contribution in [0.25, 0.3) is 11.3 Å². The van der Waals surface area contributed by atoms with Gasteiger partial charge in [0.05, 0.1) is 0 Å². The molecule has 144 valence electrons. The maximum atomic E-state index is 13.2. The Kier molecular flexibility index (Phi) is 5.63. The Balaban J connectivity index is 1.89. The van der Waals surface area contributed by atoms with E-state index < -0.39 is 5.54 Å². The molecule has 2 heterocycles. The molecular weight excluding hydrogens is 342 g/mol. The molecule has 0 aliphatic carbocycles. The zero-order valence-electron chi connectivity index (χ0n) is 16.2. The summed E-state index contributed by atoms with van der Waals surface area (Å²) >= 11 is 0. The van der Waals surface area contributed by atoms with E-state index in [1.807, 2.05) is 50.2 Å². The summed E-state index contributed by atoms with van der Waals surface area (Å²) in [5.41, 5.74) is 0.777. The first-order chi connectivity index (χ1) is 13.0. The van der Waals surface area contributed by atoms with E-state index in [4.69, 9.17) is 4.52 Å². The second-order valence-corrected chi connectivity index (χ2v) is 7.31.